The molecule has 0 heterocycles. The summed E-state index contributed by atoms with van der Waals surface area (Å²) < 4.78 is 5.05. The van der Waals surface area contributed by atoms with E-state index in [1.807, 2.05) is 20.8 Å². The van der Waals surface area contributed by atoms with E-state index in [0.717, 1.165) is 12.8 Å². The van der Waals surface area contributed by atoms with Gasteiger partial charge in [0.1, 0.15) is 0 Å². The van der Waals surface area contributed by atoms with Gasteiger partial charge < -0.3 is 9.84 Å². The highest BCUT2D eigenvalue weighted by Gasteiger charge is 2.25. The molecule has 0 aromatic rings. The predicted octanol–water partition coefficient (Wildman–Crippen LogP) is 7.16. The highest BCUT2D eigenvalue weighted by molar-refractivity contribution is 5.69. The standard InChI is InChI=1S/C23H46O3/c1-5-6-7-8-9-10-11-12-13-14-15-16-17-18-19-20-21(24)26-22(25)23(2,3)4/h22,25H,5-20H2,1-4H3. The molecule has 0 saturated heterocycles. The van der Waals surface area contributed by atoms with Crippen LogP contribution in [0.1, 0.15) is 130 Å². The second kappa shape index (κ2) is 16.6. The molecule has 1 atom stereocenters. The van der Waals surface area contributed by atoms with E-state index in [4.69, 9.17) is 4.74 Å². The van der Waals surface area contributed by atoms with E-state index >= 15 is 0 Å². The van der Waals surface area contributed by atoms with E-state index in [1.165, 1.54) is 83.5 Å². The molecule has 3 heteroatoms. The number of rotatable bonds is 17. The summed E-state index contributed by atoms with van der Waals surface area (Å²) in [5.74, 6) is -0.276. The summed E-state index contributed by atoms with van der Waals surface area (Å²) in [5.41, 5.74) is -0.412. The van der Waals surface area contributed by atoms with Crippen molar-refractivity contribution in [1.29, 1.82) is 0 Å². The Morgan fingerprint density at radius 2 is 1.08 bits per heavy atom. The second-order valence-electron chi connectivity index (χ2n) is 8.91. The molecule has 156 valence electrons. The van der Waals surface area contributed by atoms with Gasteiger partial charge in [-0.2, -0.15) is 0 Å². The van der Waals surface area contributed by atoms with Crippen LogP contribution in [0.3, 0.4) is 0 Å². The maximum atomic E-state index is 11.7. The van der Waals surface area contributed by atoms with Gasteiger partial charge in [0.25, 0.3) is 0 Å². The van der Waals surface area contributed by atoms with Crippen molar-refractivity contribution in [2.75, 3.05) is 0 Å². The molecule has 0 spiro atoms. The van der Waals surface area contributed by atoms with Crippen molar-refractivity contribution in [3.63, 3.8) is 0 Å². The molecule has 26 heavy (non-hydrogen) atoms. The lowest BCUT2D eigenvalue weighted by molar-refractivity contribution is -0.186. The van der Waals surface area contributed by atoms with Gasteiger partial charge in [-0.1, -0.05) is 118 Å². The summed E-state index contributed by atoms with van der Waals surface area (Å²) in [7, 11) is 0. The Morgan fingerprint density at radius 3 is 1.42 bits per heavy atom. The molecule has 1 unspecified atom stereocenters. The lowest BCUT2D eigenvalue weighted by Crippen LogP contribution is -2.31. The fraction of sp³-hybridized carbons (Fsp3) is 0.957. The summed E-state index contributed by atoms with van der Waals surface area (Å²) in [6, 6.07) is 0. The zero-order valence-electron chi connectivity index (χ0n) is 18.2. The summed E-state index contributed by atoms with van der Waals surface area (Å²) in [5, 5.41) is 9.74. The summed E-state index contributed by atoms with van der Waals surface area (Å²) >= 11 is 0. The van der Waals surface area contributed by atoms with Crippen LogP contribution in [0.4, 0.5) is 0 Å². The highest BCUT2D eigenvalue weighted by Crippen LogP contribution is 2.20. The molecule has 0 bridgehead atoms. The third-order valence-electron chi connectivity index (χ3n) is 4.97. The van der Waals surface area contributed by atoms with E-state index in [-0.39, 0.29) is 5.97 Å². The first kappa shape index (κ1) is 25.4. The summed E-state index contributed by atoms with van der Waals surface area (Å²) in [6.45, 7) is 7.85. The number of esters is 1. The minimum atomic E-state index is -1.01. The van der Waals surface area contributed by atoms with E-state index in [2.05, 4.69) is 6.92 Å². The second-order valence-corrected chi connectivity index (χ2v) is 8.91. The summed E-state index contributed by atoms with van der Waals surface area (Å²) in [6.07, 6.45) is 19.1. The summed E-state index contributed by atoms with van der Waals surface area (Å²) in [4.78, 5) is 11.7. The number of carbonyl (C=O) groups is 1. The van der Waals surface area contributed by atoms with Crippen LogP contribution in [-0.2, 0) is 9.53 Å². The zero-order chi connectivity index (χ0) is 19.7. The smallest absolute Gasteiger partial charge is 0.308 e. The largest absolute Gasteiger partial charge is 0.435 e. The number of hydrogen-bond acceptors (Lipinski definition) is 3. The van der Waals surface area contributed by atoms with Crippen molar-refractivity contribution in [2.45, 2.75) is 137 Å². The van der Waals surface area contributed by atoms with Crippen molar-refractivity contribution in [3.8, 4) is 0 Å². The molecule has 0 aliphatic rings. The number of aliphatic hydroxyl groups is 1. The highest BCUT2D eigenvalue weighted by atomic mass is 16.6. The maximum Gasteiger partial charge on any atom is 0.308 e. The van der Waals surface area contributed by atoms with Crippen LogP contribution in [0.2, 0.25) is 0 Å². The molecule has 0 aliphatic heterocycles. The van der Waals surface area contributed by atoms with E-state index in [1.54, 1.807) is 0 Å². The van der Waals surface area contributed by atoms with Crippen molar-refractivity contribution in [3.05, 3.63) is 0 Å². The first-order valence-electron chi connectivity index (χ1n) is 11.3. The van der Waals surface area contributed by atoms with Gasteiger partial charge in [0.2, 0.25) is 6.29 Å². The zero-order valence-corrected chi connectivity index (χ0v) is 18.2. The Kier molecular flexibility index (Phi) is 16.2. The van der Waals surface area contributed by atoms with Gasteiger partial charge in [0.05, 0.1) is 0 Å². The van der Waals surface area contributed by atoms with Gasteiger partial charge in [-0.05, 0) is 6.42 Å². The normalized spacial score (nSPS) is 13.0. The van der Waals surface area contributed by atoms with Gasteiger partial charge in [0.15, 0.2) is 0 Å². The van der Waals surface area contributed by atoms with Crippen molar-refractivity contribution in [1.82, 2.24) is 0 Å². The van der Waals surface area contributed by atoms with Crippen molar-refractivity contribution < 1.29 is 14.6 Å². The number of unbranched alkanes of at least 4 members (excludes halogenated alkanes) is 14. The maximum absolute atomic E-state index is 11.7. The van der Waals surface area contributed by atoms with Crippen LogP contribution < -0.4 is 0 Å². The average molecular weight is 371 g/mol. The molecule has 0 radical (unpaired) electrons. The number of aliphatic hydroxyl groups excluding tert-OH is 1. The number of ether oxygens (including phenoxy) is 1. The topological polar surface area (TPSA) is 46.5 Å². The Morgan fingerprint density at radius 1 is 0.731 bits per heavy atom. The number of carbonyl (C=O) groups excluding carboxylic acids is 1. The SMILES string of the molecule is CCCCCCCCCCCCCCCCCC(=O)OC(O)C(C)(C)C. The fourth-order valence-electron chi connectivity index (χ4n) is 3.00. The average Bonchev–Trinajstić information content (AvgIpc) is 2.57. The molecular weight excluding hydrogens is 324 g/mol. The van der Waals surface area contributed by atoms with Crippen molar-refractivity contribution in [2.24, 2.45) is 5.41 Å². The van der Waals surface area contributed by atoms with E-state index < -0.39 is 11.7 Å². The molecule has 0 aliphatic carbocycles. The first-order valence-corrected chi connectivity index (χ1v) is 11.3. The van der Waals surface area contributed by atoms with Crippen LogP contribution in [0, 0.1) is 5.41 Å². The predicted molar refractivity (Wildman–Crippen MR) is 111 cm³/mol. The Balaban J connectivity index is 3.25. The Bertz CT molecular complexity index is 320. The first-order chi connectivity index (χ1) is 12.4. The van der Waals surface area contributed by atoms with Crippen LogP contribution >= 0.6 is 0 Å². The monoisotopic (exact) mass is 370 g/mol. The molecule has 0 aromatic carbocycles. The molecule has 0 amide bonds. The Hall–Kier alpha value is -0.570. The quantitative estimate of drug-likeness (QED) is 0.168. The van der Waals surface area contributed by atoms with Gasteiger partial charge in [-0.15, -0.1) is 0 Å². The molecule has 0 fully saturated rings. The molecular formula is C23H46O3. The molecule has 0 aromatic heterocycles. The van der Waals surface area contributed by atoms with E-state index in [0.29, 0.717) is 6.42 Å². The fourth-order valence-corrected chi connectivity index (χ4v) is 3.00. The van der Waals surface area contributed by atoms with Crippen molar-refractivity contribution >= 4 is 5.97 Å². The minimum absolute atomic E-state index is 0.276. The van der Waals surface area contributed by atoms with Gasteiger partial charge in [-0.3, -0.25) is 4.79 Å². The van der Waals surface area contributed by atoms with Crippen LogP contribution in [0.25, 0.3) is 0 Å². The van der Waals surface area contributed by atoms with Crippen LogP contribution in [0.15, 0.2) is 0 Å². The third kappa shape index (κ3) is 16.9. The molecule has 0 rings (SSSR count). The van der Waals surface area contributed by atoms with Crippen LogP contribution in [0.5, 0.6) is 0 Å². The molecule has 3 nitrogen and oxygen atoms in total. The van der Waals surface area contributed by atoms with Gasteiger partial charge in [-0.25, -0.2) is 0 Å². The third-order valence-corrected chi connectivity index (χ3v) is 4.97. The van der Waals surface area contributed by atoms with Crippen LogP contribution in [-0.4, -0.2) is 17.4 Å². The van der Waals surface area contributed by atoms with Gasteiger partial charge >= 0.3 is 5.97 Å². The van der Waals surface area contributed by atoms with E-state index in [9.17, 15) is 9.90 Å². The van der Waals surface area contributed by atoms with Gasteiger partial charge in [0, 0.05) is 11.8 Å². The Labute approximate surface area is 163 Å². The minimum Gasteiger partial charge on any atom is -0.435 e. The number of hydrogen-bond donors (Lipinski definition) is 1. The lowest BCUT2D eigenvalue weighted by Gasteiger charge is -2.25. The molecule has 1 N–H and O–H groups in total. The lowest BCUT2D eigenvalue weighted by atomic mass is 9.96. The molecule has 0 saturated carbocycles.